The highest BCUT2D eigenvalue weighted by Crippen LogP contribution is 2.27. The number of imidazole rings is 1. The largest absolute Gasteiger partial charge is 0.394 e. The van der Waals surface area contributed by atoms with Gasteiger partial charge in [-0.2, -0.15) is 0 Å². The number of hydrogen-bond donors (Lipinski definition) is 2. The van der Waals surface area contributed by atoms with Gasteiger partial charge in [0.15, 0.2) is 5.16 Å². The van der Waals surface area contributed by atoms with E-state index in [-0.39, 0.29) is 6.61 Å². The van der Waals surface area contributed by atoms with Crippen LogP contribution in [-0.4, -0.2) is 38.2 Å². The maximum absolute atomic E-state index is 9.36. The molecular formula is C12H22N2O2S. The summed E-state index contributed by atoms with van der Waals surface area (Å²) in [5.41, 5.74) is 1.21. The number of thioether (sulfide) groups is 1. The Bertz CT molecular complexity index is 350. The van der Waals surface area contributed by atoms with E-state index in [0.29, 0.717) is 17.7 Å². The fraction of sp³-hybridized carbons (Fsp3) is 0.750. The second-order valence-electron chi connectivity index (χ2n) is 4.73. The second kappa shape index (κ2) is 6.42. The van der Waals surface area contributed by atoms with Gasteiger partial charge in [-0.15, -0.1) is 0 Å². The normalized spacial score (nSPS) is 13.6. The van der Waals surface area contributed by atoms with E-state index in [1.54, 1.807) is 0 Å². The van der Waals surface area contributed by atoms with Crippen molar-refractivity contribution in [2.75, 3.05) is 12.4 Å². The van der Waals surface area contributed by atoms with Gasteiger partial charge in [0.05, 0.1) is 12.7 Å². The van der Waals surface area contributed by atoms with Crippen LogP contribution in [0.25, 0.3) is 0 Å². The Morgan fingerprint density at radius 1 is 1.35 bits per heavy atom. The minimum Gasteiger partial charge on any atom is -0.394 e. The summed E-state index contributed by atoms with van der Waals surface area (Å²) in [5, 5.41) is 19.1. The van der Waals surface area contributed by atoms with Crippen molar-refractivity contribution in [3.63, 3.8) is 0 Å². The summed E-state index contributed by atoms with van der Waals surface area (Å²) in [5.74, 6) is 0.902. The summed E-state index contributed by atoms with van der Waals surface area (Å²) < 4.78 is 2.19. The van der Waals surface area contributed by atoms with Crippen LogP contribution in [0.5, 0.6) is 0 Å². The molecule has 0 aromatic carbocycles. The Kier molecular flexibility index (Phi) is 5.49. The molecular weight excluding hydrogens is 236 g/mol. The Balaban J connectivity index is 2.85. The van der Waals surface area contributed by atoms with Crippen LogP contribution in [0.1, 0.15) is 45.3 Å². The Labute approximate surface area is 107 Å². The second-order valence-corrected chi connectivity index (χ2v) is 5.72. The summed E-state index contributed by atoms with van der Waals surface area (Å²) >= 11 is 1.49. The molecule has 0 aliphatic heterocycles. The molecule has 0 bridgehead atoms. The van der Waals surface area contributed by atoms with E-state index in [1.165, 1.54) is 17.5 Å². The molecule has 0 saturated heterocycles. The minimum absolute atomic E-state index is 0.202. The lowest BCUT2D eigenvalue weighted by molar-refractivity contribution is 0.113. The smallest absolute Gasteiger partial charge is 0.168 e. The number of aliphatic hydroxyl groups excluding tert-OH is 2. The number of aliphatic hydroxyl groups is 2. The average Bonchev–Trinajstić information content (AvgIpc) is 2.69. The number of hydrogen-bond acceptors (Lipinski definition) is 4. The minimum atomic E-state index is -0.681. The fourth-order valence-corrected chi connectivity index (χ4v) is 2.66. The molecule has 0 spiro atoms. The van der Waals surface area contributed by atoms with Crippen LogP contribution < -0.4 is 0 Å². The van der Waals surface area contributed by atoms with Gasteiger partial charge in [-0.3, -0.25) is 0 Å². The maximum Gasteiger partial charge on any atom is 0.168 e. The van der Waals surface area contributed by atoms with Crippen molar-refractivity contribution in [3.8, 4) is 0 Å². The Hall–Kier alpha value is -0.520. The van der Waals surface area contributed by atoms with Crippen molar-refractivity contribution in [2.45, 2.75) is 50.9 Å². The van der Waals surface area contributed by atoms with Crippen molar-refractivity contribution >= 4 is 11.8 Å². The number of rotatable bonds is 6. The highest BCUT2D eigenvalue weighted by molar-refractivity contribution is 7.99. The third kappa shape index (κ3) is 3.72. The van der Waals surface area contributed by atoms with Gasteiger partial charge in [-0.25, -0.2) is 4.98 Å². The first-order valence-corrected chi connectivity index (χ1v) is 6.94. The van der Waals surface area contributed by atoms with Crippen molar-refractivity contribution in [2.24, 2.45) is 0 Å². The monoisotopic (exact) mass is 258 g/mol. The van der Waals surface area contributed by atoms with Crippen LogP contribution in [-0.2, 0) is 0 Å². The van der Waals surface area contributed by atoms with Crippen LogP contribution in [0.3, 0.4) is 0 Å². The molecule has 0 aliphatic rings. The number of aromatic nitrogens is 2. The molecule has 1 rings (SSSR count). The quantitative estimate of drug-likeness (QED) is 0.767. The molecule has 0 fully saturated rings. The molecule has 17 heavy (non-hydrogen) atoms. The summed E-state index contributed by atoms with van der Waals surface area (Å²) in [4.78, 5) is 4.40. The van der Waals surface area contributed by atoms with Crippen molar-refractivity contribution in [3.05, 3.63) is 11.9 Å². The first-order chi connectivity index (χ1) is 7.97. The van der Waals surface area contributed by atoms with Gasteiger partial charge in [-0.05, 0) is 19.8 Å². The van der Waals surface area contributed by atoms with Crippen LogP contribution in [0, 0.1) is 0 Å². The first-order valence-electron chi connectivity index (χ1n) is 5.96. The third-order valence-corrected chi connectivity index (χ3v) is 3.63. The highest BCUT2D eigenvalue weighted by Gasteiger charge is 2.16. The van der Waals surface area contributed by atoms with Crippen LogP contribution in [0.4, 0.5) is 0 Å². The van der Waals surface area contributed by atoms with Crippen LogP contribution >= 0.6 is 11.8 Å². The maximum atomic E-state index is 9.36. The zero-order valence-corrected chi connectivity index (χ0v) is 11.7. The summed E-state index contributed by atoms with van der Waals surface area (Å²) in [6.45, 7) is 8.34. The van der Waals surface area contributed by atoms with Crippen molar-refractivity contribution < 1.29 is 10.2 Å². The molecule has 98 valence electrons. The lowest BCUT2D eigenvalue weighted by Gasteiger charge is -2.17. The molecule has 1 aromatic rings. The Morgan fingerprint density at radius 3 is 2.47 bits per heavy atom. The van der Waals surface area contributed by atoms with Gasteiger partial charge in [0.1, 0.15) is 0 Å². The van der Waals surface area contributed by atoms with Gasteiger partial charge < -0.3 is 14.8 Å². The zero-order valence-electron chi connectivity index (χ0n) is 10.9. The van der Waals surface area contributed by atoms with Gasteiger partial charge in [-0.1, -0.05) is 25.6 Å². The van der Waals surface area contributed by atoms with Crippen LogP contribution in [0.15, 0.2) is 11.4 Å². The van der Waals surface area contributed by atoms with Crippen molar-refractivity contribution in [1.82, 2.24) is 9.55 Å². The van der Waals surface area contributed by atoms with Crippen molar-refractivity contribution in [1.29, 1.82) is 0 Å². The molecule has 1 unspecified atom stereocenters. The van der Waals surface area contributed by atoms with E-state index in [0.717, 1.165) is 5.16 Å². The van der Waals surface area contributed by atoms with E-state index in [9.17, 15) is 5.11 Å². The van der Waals surface area contributed by atoms with E-state index in [1.807, 2.05) is 6.20 Å². The first kappa shape index (κ1) is 14.5. The predicted molar refractivity (Wildman–Crippen MR) is 70.5 cm³/mol. The van der Waals surface area contributed by atoms with Gasteiger partial charge in [0.25, 0.3) is 0 Å². The molecule has 5 heteroatoms. The fourth-order valence-electron chi connectivity index (χ4n) is 1.63. The van der Waals surface area contributed by atoms with E-state index in [2.05, 4.69) is 37.2 Å². The molecule has 0 saturated carbocycles. The molecule has 2 N–H and O–H groups in total. The lowest BCUT2D eigenvalue weighted by Crippen LogP contribution is -2.16. The standard InChI is InChI=1S/C12H22N2O2S/c1-8(2)11-5-13-12(14(11)9(3)4)17-7-10(16)6-15/h5,8-10,15-16H,6-7H2,1-4H3. The molecule has 1 aromatic heterocycles. The SMILES string of the molecule is CC(C)c1cnc(SCC(O)CO)n1C(C)C. The van der Waals surface area contributed by atoms with Gasteiger partial charge >= 0.3 is 0 Å². The van der Waals surface area contributed by atoms with Crippen LogP contribution in [0.2, 0.25) is 0 Å². The lowest BCUT2D eigenvalue weighted by atomic mass is 10.1. The van der Waals surface area contributed by atoms with E-state index >= 15 is 0 Å². The molecule has 0 radical (unpaired) electrons. The Morgan fingerprint density at radius 2 is 2.00 bits per heavy atom. The third-order valence-electron chi connectivity index (χ3n) is 2.52. The van der Waals surface area contributed by atoms with Gasteiger partial charge in [0, 0.05) is 23.7 Å². The van der Waals surface area contributed by atoms with E-state index < -0.39 is 6.10 Å². The summed E-state index contributed by atoms with van der Waals surface area (Å²) in [7, 11) is 0. The molecule has 0 amide bonds. The summed E-state index contributed by atoms with van der Waals surface area (Å²) in [6.07, 6.45) is 1.22. The molecule has 4 nitrogen and oxygen atoms in total. The highest BCUT2D eigenvalue weighted by atomic mass is 32.2. The average molecular weight is 258 g/mol. The molecule has 1 heterocycles. The zero-order chi connectivity index (χ0) is 13.0. The number of nitrogens with zero attached hydrogens (tertiary/aromatic N) is 2. The predicted octanol–water partition coefficient (Wildman–Crippen LogP) is 2.03. The topological polar surface area (TPSA) is 58.3 Å². The molecule has 0 aliphatic carbocycles. The van der Waals surface area contributed by atoms with Gasteiger partial charge in [0.2, 0.25) is 0 Å². The van der Waals surface area contributed by atoms with E-state index in [4.69, 9.17) is 5.11 Å². The summed E-state index contributed by atoms with van der Waals surface area (Å²) in [6, 6.07) is 0.351. The molecule has 1 atom stereocenters.